The maximum atomic E-state index is 13.0. The first kappa shape index (κ1) is 25.5. The maximum Gasteiger partial charge on any atom is 0.261 e. The van der Waals surface area contributed by atoms with Gasteiger partial charge in [-0.05, 0) is 59.3 Å². The minimum Gasteiger partial charge on any atom is -0.385 e. The Morgan fingerprint density at radius 2 is 1.37 bits per heavy atom. The Morgan fingerprint density at radius 3 is 1.92 bits per heavy atom. The van der Waals surface area contributed by atoms with Crippen molar-refractivity contribution >= 4 is 52.5 Å². The summed E-state index contributed by atoms with van der Waals surface area (Å²) >= 11 is 4.05. The summed E-state index contributed by atoms with van der Waals surface area (Å²) in [5, 5.41) is 7.80. The van der Waals surface area contributed by atoms with E-state index in [0.29, 0.717) is 36.3 Å². The maximum absolute atomic E-state index is 13.0. The second-order valence-corrected chi connectivity index (χ2v) is 9.55. The minimum atomic E-state index is -0.648. The average molecular weight is 525 g/mol. The Balaban J connectivity index is 1.15. The normalized spacial score (nSPS) is 13.5. The molecule has 0 radical (unpaired) electrons. The zero-order valence-corrected chi connectivity index (χ0v) is 21.6. The SMILES string of the molecule is NC(CS)C(=O)Nc1ccc(-c2ccc(NCCCN3C(=O)c4cccc5cccc(c45)C3=O)cc2)cc1. The van der Waals surface area contributed by atoms with Gasteiger partial charge in [0, 0.05) is 46.7 Å². The summed E-state index contributed by atoms with van der Waals surface area (Å²) < 4.78 is 0. The number of hydrogen-bond acceptors (Lipinski definition) is 6. The largest absolute Gasteiger partial charge is 0.385 e. The van der Waals surface area contributed by atoms with Gasteiger partial charge >= 0.3 is 0 Å². The predicted molar refractivity (Wildman–Crippen MR) is 155 cm³/mol. The molecule has 4 aromatic carbocycles. The standard InChI is InChI=1S/C30H28N4O3S/c31-26(18-38)28(35)33-23-14-10-20(11-15-23)19-8-12-22(13-9-19)32-16-3-17-34-29(36)24-6-1-4-21-5-2-7-25(27(21)24)30(34)37/h1-2,4-15,26,32,38H,3,16-18,31H2,(H,33,35). The molecule has 0 aromatic heterocycles. The minimum absolute atomic E-state index is 0.237. The summed E-state index contributed by atoms with van der Waals surface area (Å²) in [6.45, 7) is 0.959. The Hall–Kier alpha value is -4.14. The summed E-state index contributed by atoms with van der Waals surface area (Å²) in [6, 6.07) is 26.0. The summed E-state index contributed by atoms with van der Waals surface area (Å²) in [5.74, 6) is -0.457. The fourth-order valence-corrected chi connectivity index (χ4v) is 4.76. The number of anilines is 2. The van der Waals surface area contributed by atoms with Crippen LogP contribution in [0.3, 0.4) is 0 Å². The topological polar surface area (TPSA) is 105 Å². The number of imide groups is 1. The van der Waals surface area contributed by atoms with Crippen LogP contribution in [0.25, 0.3) is 21.9 Å². The number of nitrogens with two attached hydrogens (primary N) is 1. The van der Waals surface area contributed by atoms with Crippen LogP contribution in [0.1, 0.15) is 27.1 Å². The van der Waals surface area contributed by atoms with Crippen molar-refractivity contribution in [2.24, 2.45) is 5.73 Å². The molecule has 1 aliphatic heterocycles. The van der Waals surface area contributed by atoms with Crippen LogP contribution in [0.4, 0.5) is 11.4 Å². The number of carbonyl (C=O) groups excluding carboxylic acids is 3. The molecule has 0 bridgehead atoms. The lowest BCUT2D eigenvalue weighted by Crippen LogP contribution is -2.41. The number of benzene rings is 4. The van der Waals surface area contributed by atoms with Crippen molar-refractivity contribution in [3.05, 3.63) is 96.1 Å². The molecule has 4 aromatic rings. The second kappa shape index (κ2) is 11.1. The number of rotatable bonds is 9. The van der Waals surface area contributed by atoms with Crippen molar-refractivity contribution in [3.8, 4) is 11.1 Å². The highest BCUT2D eigenvalue weighted by molar-refractivity contribution is 7.80. The van der Waals surface area contributed by atoms with E-state index in [0.717, 1.165) is 27.6 Å². The highest BCUT2D eigenvalue weighted by Gasteiger charge is 2.32. The fourth-order valence-electron chi connectivity index (χ4n) is 4.60. The van der Waals surface area contributed by atoms with E-state index in [1.54, 1.807) is 12.1 Å². The van der Waals surface area contributed by atoms with Crippen molar-refractivity contribution in [2.45, 2.75) is 12.5 Å². The molecule has 38 heavy (non-hydrogen) atoms. The third-order valence-electron chi connectivity index (χ3n) is 6.65. The Bertz CT molecular complexity index is 1450. The number of amides is 3. The van der Waals surface area contributed by atoms with E-state index in [-0.39, 0.29) is 23.5 Å². The van der Waals surface area contributed by atoms with Gasteiger partial charge in [-0.25, -0.2) is 0 Å². The molecule has 192 valence electrons. The zero-order chi connectivity index (χ0) is 26.6. The molecule has 8 heteroatoms. The van der Waals surface area contributed by atoms with Crippen LogP contribution < -0.4 is 16.4 Å². The van der Waals surface area contributed by atoms with E-state index in [2.05, 4.69) is 23.3 Å². The smallest absolute Gasteiger partial charge is 0.261 e. The van der Waals surface area contributed by atoms with Gasteiger partial charge in [-0.2, -0.15) is 12.6 Å². The summed E-state index contributed by atoms with van der Waals surface area (Å²) in [7, 11) is 0. The molecule has 0 fully saturated rings. The van der Waals surface area contributed by atoms with Crippen LogP contribution >= 0.6 is 12.6 Å². The van der Waals surface area contributed by atoms with Crippen LogP contribution in [-0.4, -0.2) is 47.5 Å². The molecule has 1 unspecified atom stereocenters. The van der Waals surface area contributed by atoms with Crippen molar-refractivity contribution in [3.63, 3.8) is 0 Å². The predicted octanol–water partition coefficient (Wildman–Crippen LogP) is 4.80. The first-order valence-electron chi connectivity index (χ1n) is 12.5. The molecule has 0 saturated carbocycles. The first-order valence-corrected chi connectivity index (χ1v) is 13.1. The van der Waals surface area contributed by atoms with Crippen LogP contribution in [0.5, 0.6) is 0 Å². The highest BCUT2D eigenvalue weighted by Crippen LogP contribution is 2.30. The molecular formula is C30H28N4O3S. The van der Waals surface area contributed by atoms with Crippen LogP contribution in [0.2, 0.25) is 0 Å². The van der Waals surface area contributed by atoms with Crippen molar-refractivity contribution in [2.75, 3.05) is 29.5 Å². The number of hydrogen-bond donors (Lipinski definition) is 4. The van der Waals surface area contributed by atoms with Crippen LogP contribution in [-0.2, 0) is 4.79 Å². The van der Waals surface area contributed by atoms with E-state index >= 15 is 0 Å². The van der Waals surface area contributed by atoms with E-state index < -0.39 is 6.04 Å². The third kappa shape index (κ3) is 5.14. The van der Waals surface area contributed by atoms with Crippen LogP contribution in [0.15, 0.2) is 84.9 Å². The van der Waals surface area contributed by atoms with Gasteiger partial charge in [-0.3, -0.25) is 19.3 Å². The molecule has 0 spiro atoms. The number of nitrogens with zero attached hydrogens (tertiary/aromatic N) is 1. The van der Waals surface area contributed by atoms with Gasteiger partial charge in [0.2, 0.25) is 5.91 Å². The summed E-state index contributed by atoms with van der Waals surface area (Å²) in [4.78, 5) is 39.3. The van der Waals surface area contributed by atoms with E-state index in [1.165, 1.54) is 4.90 Å². The Labute approximate surface area is 226 Å². The lowest BCUT2D eigenvalue weighted by Gasteiger charge is -2.27. The van der Waals surface area contributed by atoms with Gasteiger partial charge in [0.25, 0.3) is 11.8 Å². The Kier molecular flexibility index (Phi) is 7.44. The average Bonchev–Trinajstić information content (AvgIpc) is 2.95. The molecule has 3 amide bonds. The Morgan fingerprint density at radius 1 is 0.816 bits per heavy atom. The van der Waals surface area contributed by atoms with Crippen molar-refractivity contribution < 1.29 is 14.4 Å². The fraction of sp³-hybridized carbons (Fsp3) is 0.167. The molecule has 1 aliphatic rings. The zero-order valence-electron chi connectivity index (χ0n) is 20.7. The van der Waals surface area contributed by atoms with Gasteiger partial charge in [0.05, 0.1) is 6.04 Å². The third-order valence-corrected chi connectivity index (χ3v) is 7.04. The lowest BCUT2D eigenvalue weighted by molar-refractivity contribution is -0.116. The molecule has 1 atom stereocenters. The van der Waals surface area contributed by atoms with E-state index in [4.69, 9.17) is 5.73 Å². The molecule has 0 aliphatic carbocycles. The van der Waals surface area contributed by atoms with E-state index in [1.807, 2.05) is 72.8 Å². The molecule has 0 saturated heterocycles. The second-order valence-electron chi connectivity index (χ2n) is 9.18. The quantitative estimate of drug-likeness (QED) is 0.143. The molecular weight excluding hydrogens is 496 g/mol. The number of carbonyl (C=O) groups is 3. The number of nitrogens with one attached hydrogen (secondary N) is 2. The van der Waals surface area contributed by atoms with Crippen molar-refractivity contribution in [1.82, 2.24) is 4.90 Å². The molecule has 7 nitrogen and oxygen atoms in total. The number of thiol groups is 1. The molecule has 5 rings (SSSR count). The monoisotopic (exact) mass is 524 g/mol. The first-order chi connectivity index (χ1) is 18.5. The van der Waals surface area contributed by atoms with Gasteiger partial charge in [0.15, 0.2) is 0 Å². The summed E-state index contributed by atoms with van der Waals surface area (Å²) in [6.07, 6.45) is 0.626. The van der Waals surface area contributed by atoms with Gasteiger partial charge in [-0.1, -0.05) is 48.5 Å². The highest BCUT2D eigenvalue weighted by atomic mass is 32.1. The lowest BCUT2D eigenvalue weighted by atomic mass is 9.94. The van der Waals surface area contributed by atoms with Gasteiger partial charge in [-0.15, -0.1) is 0 Å². The molecule has 1 heterocycles. The van der Waals surface area contributed by atoms with Crippen molar-refractivity contribution in [1.29, 1.82) is 0 Å². The van der Waals surface area contributed by atoms with Gasteiger partial charge in [0.1, 0.15) is 0 Å². The van der Waals surface area contributed by atoms with Crippen LogP contribution in [0, 0.1) is 0 Å². The van der Waals surface area contributed by atoms with E-state index in [9.17, 15) is 14.4 Å². The molecule has 4 N–H and O–H groups in total. The van der Waals surface area contributed by atoms with Gasteiger partial charge < -0.3 is 16.4 Å². The summed E-state index contributed by atoms with van der Waals surface area (Å²) in [5.41, 5.74) is 10.5.